The fourth-order valence-electron chi connectivity index (χ4n) is 2.36. The molecule has 0 unspecified atom stereocenters. The Hall–Kier alpha value is -2.55. The van der Waals surface area contributed by atoms with Gasteiger partial charge in [-0.2, -0.15) is 0 Å². The van der Waals surface area contributed by atoms with Crippen molar-refractivity contribution in [2.75, 3.05) is 11.9 Å². The summed E-state index contributed by atoms with van der Waals surface area (Å²) in [6.45, 7) is -0.173. The van der Waals surface area contributed by atoms with Gasteiger partial charge < -0.3 is 4.74 Å². The molecule has 4 aromatic rings. The minimum absolute atomic E-state index is 0.173. The number of nitrogens with one attached hydrogen (secondary N) is 1. The second-order valence-corrected chi connectivity index (χ2v) is 8.34. The molecule has 0 spiro atoms. The number of hydrogen-bond acceptors (Lipinski definition) is 6. The first-order chi connectivity index (χ1) is 13.2. The Kier molecular flexibility index (Phi) is 5.28. The molecule has 4 nitrogen and oxygen atoms in total. The molecule has 0 aliphatic heterocycles. The van der Waals surface area contributed by atoms with E-state index in [1.165, 1.54) is 35.6 Å². The van der Waals surface area contributed by atoms with Gasteiger partial charge in [-0.1, -0.05) is 23.5 Å². The predicted octanol–water partition coefficient (Wildman–Crippen LogP) is 5.76. The molecule has 3 aromatic heterocycles. The number of halogens is 1. The van der Waals surface area contributed by atoms with Crippen LogP contribution in [0.2, 0.25) is 0 Å². The summed E-state index contributed by atoms with van der Waals surface area (Å²) in [4.78, 5) is 20.0. The van der Waals surface area contributed by atoms with E-state index in [9.17, 15) is 9.18 Å². The van der Waals surface area contributed by atoms with E-state index >= 15 is 0 Å². The highest BCUT2D eigenvalue weighted by molar-refractivity contribution is 7.24. The van der Waals surface area contributed by atoms with E-state index in [4.69, 9.17) is 4.74 Å². The Balaban J connectivity index is 1.49. The topological polar surface area (TPSA) is 51.2 Å². The van der Waals surface area contributed by atoms with Gasteiger partial charge in [0.05, 0.1) is 9.75 Å². The Bertz CT molecular complexity index is 974. The summed E-state index contributed by atoms with van der Waals surface area (Å²) in [5.74, 6) is -0.232. The van der Waals surface area contributed by atoms with E-state index in [2.05, 4.69) is 10.3 Å². The van der Waals surface area contributed by atoms with E-state index in [1.807, 2.05) is 35.0 Å². The van der Waals surface area contributed by atoms with Crippen molar-refractivity contribution in [1.82, 2.24) is 4.98 Å². The largest absolute Gasteiger partial charge is 0.484 e. The number of benzene rings is 1. The SMILES string of the molecule is O=C(COc1ccc(F)cc1)Nc1nc(-c2cccs2)c(-c2cccs2)s1. The molecule has 136 valence electrons. The molecule has 0 aliphatic carbocycles. The van der Waals surface area contributed by atoms with Crippen LogP contribution in [0.25, 0.3) is 20.3 Å². The summed E-state index contributed by atoms with van der Waals surface area (Å²) in [5, 5.41) is 7.33. The highest BCUT2D eigenvalue weighted by atomic mass is 32.1. The average molecular weight is 417 g/mol. The minimum atomic E-state index is -0.350. The van der Waals surface area contributed by atoms with E-state index < -0.39 is 0 Å². The monoisotopic (exact) mass is 416 g/mol. The number of anilines is 1. The van der Waals surface area contributed by atoms with Gasteiger partial charge in [0.1, 0.15) is 17.3 Å². The van der Waals surface area contributed by atoms with Crippen molar-refractivity contribution in [2.24, 2.45) is 0 Å². The molecule has 1 aromatic carbocycles. The van der Waals surface area contributed by atoms with E-state index in [0.717, 1.165) is 20.3 Å². The van der Waals surface area contributed by atoms with Crippen LogP contribution in [0.15, 0.2) is 59.3 Å². The lowest BCUT2D eigenvalue weighted by Gasteiger charge is -2.05. The van der Waals surface area contributed by atoms with Gasteiger partial charge >= 0.3 is 0 Å². The van der Waals surface area contributed by atoms with E-state index in [1.54, 1.807) is 22.7 Å². The smallest absolute Gasteiger partial charge is 0.264 e. The normalized spacial score (nSPS) is 10.7. The van der Waals surface area contributed by atoms with Gasteiger partial charge in [0, 0.05) is 4.88 Å². The number of amides is 1. The standard InChI is InChI=1S/C19H13FN2O2S3/c20-12-5-7-13(8-6-12)24-11-16(23)21-19-22-17(14-3-1-9-25-14)18(27-19)15-4-2-10-26-15/h1-10H,11H2,(H,21,22,23). The van der Waals surface area contributed by atoms with Crippen LogP contribution >= 0.6 is 34.0 Å². The van der Waals surface area contributed by atoms with Crippen molar-refractivity contribution in [2.45, 2.75) is 0 Å². The molecule has 8 heteroatoms. The molecule has 0 radical (unpaired) electrons. The number of carbonyl (C=O) groups excluding carboxylic acids is 1. The molecule has 1 N–H and O–H groups in total. The lowest BCUT2D eigenvalue weighted by Crippen LogP contribution is -2.20. The van der Waals surface area contributed by atoms with Gasteiger partial charge in [-0.05, 0) is 47.2 Å². The third kappa shape index (κ3) is 4.24. The van der Waals surface area contributed by atoms with Crippen LogP contribution in [0.4, 0.5) is 9.52 Å². The molecular formula is C19H13FN2O2S3. The molecule has 27 heavy (non-hydrogen) atoms. The first-order valence-corrected chi connectivity index (χ1v) is 10.5. The first kappa shape index (κ1) is 17.8. The fraction of sp³-hybridized carbons (Fsp3) is 0.0526. The van der Waals surface area contributed by atoms with Gasteiger partial charge in [0.25, 0.3) is 5.91 Å². The molecule has 0 bridgehead atoms. The van der Waals surface area contributed by atoms with Crippen LogP contribution in [-0.2, 0) is 4.79 Å². The van der Waals surface area contributed by atoms with Crippen LogP contribution in [0.5, 0.6) is 5.75 Å². The summed E-state index contributed by atoms with van der Waals surface area (Å²) >= 11 is 4.68. The Morgan fingerprint density at radius 1 is 1.04 bits per heavy atom. The second kappa shape index (κ2) is 7.99. The molecule has 1 amide bonds. The minimum Gasteiger partial charge on any atom is -0.484 e. The maximum Gasteiger partial charge on any atom is 0.264 e. The van der Waals surface area contributed by atoms with Crippen LogP contribution < -0.4 is 10.1 Å². The van der Waals surface area contributed by atoms with E-state index in [0.29, 0.717) is 10.9 Å². The van der Waals surface area contributed by atoms with Gasteiger partial charge in [-0.3, -0.25) is 10.1 Å². The number of hydrogen-bond donors (Lipinski definition) is 1. The Morgan fingerprint density at radius 3 is 2.41 bits per heavy atom. The first-order valence-electron chi connectivity index (χ1n) is 7.96. The quantitative estimate of drug-likeness (QED) is 0.435. The van der Waals surface area contributed by atoms with Crippen molar-refractivity contribution in [1.29, 1.82) is 0 Å². The Morgan fingerprint density at radius 2 is 1.74 bits per heavy atom. The number of thiophene rings is 2. The number of rotatable bonds is 6. The Labute approximate surface area is 166 Å². The number of carbonyl (C=O) groups is 1. The van der Waals surface area contributed by atoms with Crippen molar-refractivity contribution in [3.05, 3.63) is 65.1 Å². The second-order valence-electron chi connectivity index (χ2n) is 5.44. The fourth-order valence-corrected chi connectivity index (χ4v) is 5.00. The average Bonchev–Trinajstić information content (AvgIpc) is 3.41. The van der Waals surface area contributed by atoms with Crippen molar-refractivity contribution >= 4 is 45.0 Å². The zero-order chi connectivity index (χ0) is 18.6. The summed E-state index contributed by atoms with van der Waals surface area (Å²) in [6.07, 6.45) is 0. The number of nitrogens with zero attached hydrogens (tertiary/aromatic N) is 1. The van der Waals surface area contributed by atoms with Crippen LogP contribution in [0.1, 0.15) is 0 Å². The molecule has 0 fully saturated rings. The molecule has 4 rings (SSSR count). The summed E-state index contributed by atoms with van der Waals surface area (Å²) in [7, 11) is 0. The van der Waals surface area contributed by atoms with Crippen molar-refractivity contribution in [3.63, 3.8) is 0 Å². The molecule has 0 saturated carbocycles. The zero-order valence-electron chi connectivity index (χ0n) is 13.8. The van der Waals surface area contributed by atoms with E-state index in [-0.39, 0.29) is 18.3 Å². The number of ether oxygens (including phenoxy) is 1. The number of aromatic nitrogens is 1. The van der Waals surface area contributed by atoms with Gasteiger partial charge in [0.2, 0.25) is 0 Å². The molecule has 0 aliphatic rings. The summed E-state index contributed by atoms with van der Waals surface area (Å²) < 4.78 is 18.3. The molecule has 0 saturated heterocycles. The molecule has 3 heterocycles. The van der Waals surface area contributed by atoms with Gasteiger partial charge in [0.15, 0.2) is 11.7 Å². The lowest BCUT2D eigenvalue weighted by atomic mass is 10.3. The molecular weight excluding hydrogens is 403 g/mol. The highest BCUT2D eigenvalue weighted by Crippen LogP contribution is 2.42. The van der Waals surface area contributed by atoms with Crippen LogP contribution in [0.3, 0.4) is 0 Å². The lowest BCUT2D eigenvalue weighted by molar-refractivity contribution is -0.118. The maximum absolute atomic E-state index is 12.9. The van der Waals surface area contributed by atoms with Crippen LogP contribution in [0, 0.1) is 5.82 Å². The van der Waals surface area contributed by atoms with Crippen LogP contribution in [-0.4, -0.2) is 17.5 Å². The zero-order valence-corrected chi connectivity index (χ0v) is 16.3. The third-order valence-electron chi connectivity index (χ3n) is 3.56. The maximum atomic E-state index is 12.9. The predicted molar refractivity (Wildman–Crippen MR) is 109 cm³/mol. The van der Waals surface area contributed by atoms with Gasteiger partial charge in [-0.25, -0.2) is 9.37 Å². The third-order valence-corrected chi connectivity index (χ3v) is 6.45. The van der Waals surface area contributed by atoms with Gasteiger partial charge in [-0.15, -0.1) is 22.7 Å². The molecule has 0 atom stereocenters. The number of thiazole rings is 1. The van der Waals surface area contributed by atoms with Crippen molar-refractivity contribution in [3.8, 4) is 26.1 Å². The summed E-state index contributed by atoms with van der Waals surface area (Å²) in [5.41, 5.74) is 0.868. The van der Waals surface area contributed by atoms with Crippen molar-refractivity contribution < 1.29 is 13.9 Å². The summed E-state index contributed by atoms with van der Waals surface area (Å²) in [6, 6.07) is 13.6. The highest BCUT2D eigenvalue weighted by Gasteiger charge is 2.18.